The van der Waals surface area contributed by atoms with Crippen molar-refractivity contribution in [1.82, 2.24) is 5.32 Å². The average molecular weight is 361 g/mol. The van der Waals surface area contributed by atoms with Crippen molar-refractivity contribution in [3.63, 3.8) is 0 Å². The van der Waals surface area contributed by atoms with E-state index in [0.717, 1.165) is 24.4 Å². The molecule has 1 N–H and O–H groups in total. The van der Waals surface area contributed by atoms with Gasteiger partial charge in [0.15, 0.2) is 5.78 Å². The van der Waals surface area contributed by atoms with Crippen molar-refractivity contribution >= 4 is 5.78 Å². The van der Waals surface area contributed by atoms with Crippen LogP contribution in [0.4, 0.5) is 0 Å². The van der Waals surface area contributed by atoms with Crippen molar-refractivity contribution in [1.29, 1.82) is 0 Å². The van der Waals surface area contributed by atoms with E-state index in [-0.39, 0.29) is 11.7 Å². The van der Waals surface area contributed by atoms with Crippen LogP contribution in [0, 0.1) is 0 Å². The summed E-state index contributed by atoms with van der Waals surface area (Å²) in [5.74, 6) is 1.44. The number of ketones is 1. The summed E-state index contributed by atoms with van der Waals surface area (Å²) in [5, 5.41) is 3.46. The number of rotatable bonds is 6. The first-order valence-electron chi connectivity index (χ1n) is 10.0. The summed E-state index contributed by atoms with van der Waals surface area (Å²) in [6.07, 6.45) is 8.57. The molecule has 4 rings (SSSR count). The van der Waals surface area contributed by atoms with Gasteiger partial charge >= 0.3 is 0 Å². The molecule has 3 nitrogen and oxygen atoms in total. The van der Waals surface area contributed by atoms with Crippen molar-refractivity contribution in [3.8, 4) is 5.75 Å². The first-order valence-corrected chi connectivity index (χ1v) is 10.0. The van der Waals surface area contributed by atoms with Crippen LogP contribution in [0.5, 0.6) is 5.75 Å². The Morgan fingerprint density at radius 2 is 1.67 bits per heavy atom. The highest BCUT2D eigenvalue weighted by Crippen LogP contribution is 2.30. The van der Waals surface area contributed by atoms with Crippen LogP contribution in [-0.4, -0.2) is 11.9 Å². The molecule has 1 atom stereocenters. The van der Waals surface area contributed by atoms with E-state index in [1.165, 1.54) is 36.8 Å². The molecule has 3 heteroatoms. The van der Waals surface area contributed by atoms with E-state index < -0.39 is 0 Å². The number of hydrogen-bond acceptors (Lipinski definition) is 3. The lowest BCUT2D eigenvalue weighted by Crippen LogP contribution is -2.21. The fourth-order valence-corrected chi connectivity index (χ4v) is 4.08. The van der Waals surface area contributed by atoms with Gasteiger partial charge in [0.05, 0.1) is 6.10 Å². The van der Waals surface area contributed by atoms with Crippen LogP contribution in [0.3, 0.4) is 0 Å². The van der Waals surface area contributed by atoms with Gasteiger partial charge in [-0.1, -0.05) is 42.5 Å². The third kappa shape index (κ3) is 4.79. The van der Waals surface area contributed by atoms with Crippen LogP contribution in [0.25, 0.3) is 0 Å². The molecule has 0 saturated heterocycles. The van der Waals surface area contributed by atoms with Crippen molar-refractivity contribution in [2.45, 2.75) is 57.1 Å². The molecule has 2 aromatic rings. The summed E-state index contributed by atoms with van der Waals surface area (Å²) in [6, 6.07) is 18.7. The summed E-state index contributed by atoms with van der Waals surface area (Å²) in [4.78, 5) is 12.1. The normalized spacial score (nSPS) is 20.4. The van der Waals surface area contributed by atoms with Gasteiger partial charge in [-0.05, 0) is 61.3 Å². The Morgan fingerprint density at radius 3 is 2.41 bits per heavy atom. The minimum absolute atomic E-state index is 0.206. The summed E-state index contributed by atoms with van der Waals surface area (Å²) in [7, 11) is 0. The van der Waals surface area contributed by atoms with E-state index >= 15 is 0 Å². The molecule has 2 aliphatic carbocycles. The Morgan fingerprint density at radius 1 is 0.926 bits per heavy atom. The number of ether oxygens (including phenoxy) is 1. The molecular weight excluding hydrogens is 334 g/mol. The van der Waals surface area contributed by atoms with Gasteiger partial charge in [0.2, 0.25) is 0 Å². The van der Waals surface area contributed by atoms with Gasteiger partial charge in [0, 0.05) is 24.7 Å². The molecule has 0 amide bonds. The highest BCUT2D eigenvalue weighted by Gasteiger charge is 2.22. The Labute approximate surface area is 161 Å². The van der Waals surface area contributed by atoms with E-state index in [4.69, 9.17) is 4.74 Å². The first kappa shape index (κ1) is 17.8. The average Bonchev–Trinajstić information content (AvgIpc) is 3.21. The van der Waals surface area contributed by atoms with Gasteiger partial charge in [-0.25, -0.2) is 0 Å². The second-order valence-electron chi connectivity index (χ2n) is 7.67. The molecule has 140 valence electrons. The molecule has 0 spiro atoms. The van der Waals surface area contributed by atoms with Gasteiger partial charge < -0.3 is 10.1 Å². The van der Waals surface area contributed by atoms with E-state index in [1.807, 2.05) is 18.2 Å². The van der Waals surface area contributed by atoms with Crippen LogP contribution >= 0.6 is 0 Å². The molecular formula is C24H27NO2. The van der Waals surface area contributed by atoms with Crippen LogP contribution in [0.15, 0.2) is 66.4 Å². The van der Waals surface area contributed by atoms with Gasteiger partial charge in [-0.3, -0.25) is 4.79 Å². The molecule has 1 unspecified atom stereocenters. The van der Waals surface area contributed by atoms with Gasteiger partial charge in [0.1, 0.15) is 5.75 Å². The monoisotopic (exact) mass is 361 g/mol. The predicted molar refractivity (Wildman–Crippen MR) is 108 cm³/mol. The van der Waals surface area contributed by atoms with Crippen LogP contribution in [-0.2, 0) is 11.3 Å². The summed E-state index contributed by atoms with van der Waals surface area (Å²) in [5.41, 5.74) is 3.47. The maximum Gasteiger partial charge on any atom is 0.158 e. The highest BCUT2D eigenvalue weighted by molar-refractivity contribution is 5.91. The third-order valence-electron chi connectivity index (χ3n) is 5.57. The lowest BCUT2D eigenvalue weighted by molar-refractivity contribution is -0.115. The lowest BCUT2D eigenvalue weighted by atomic mass is 9.85. The standard InChI is InChI=1S/C24H27NO2/c26-22-15-20(19-6-2-1-3-7-19)14-21(16-22)25-17-18-10-12-24(13-11-18)27-23-8-4-5-9-23/h1-3,6-7,10-13,16,20,23,25H,4-5,8-9,14-15,17H2. The molecule has 2 aliphatic rings. The molecule has 0 bridgehead atoms. The number of nitrogens with one attached hydrogen (secondary N) is 1. The van der Waals surface area contributed by atoms with Crippen molar-refractivity contribution < 1.29 is 9.53 Å². The zero-order chi connectivity index (χ0) is 18.5. The molecule has 27 heavy (non-hydrogen) atoms. The Hall–Kier alpha value is -2.55. The Bertz CT molecular complexity index is 789. The minimum atomic E-state index is 0.206. The fraction of sp³-hybridized carbons (Fsp3) is 0.375. The van der Waals surface area contributed by atoms with Gasteiger partial charge in [0.25, 0.3) is 0 Å². The third-order valence-corrected chi connectivity index (χ3v) is 5.57. The van der Waals surface area contributed by atoms with Crippen molar-refractivity contribution in [2.24, 2.45) is 0 Å². The van der Waals surface area contributed by atoms with E-state index in [2.05, 4.69) is 41.7 Å². The van der Waals surface area contributed by atoms with E-state index in [0.29, 0.717) is 12.5 Å². The fourth-order valence-electron chi connectivity index (χ4n) is 4.08. The predicted octanol–water partition coefficient (Wildman–Crippen LogP) is 5.13. The molecule has 1 saturated carbocycles. The van der Waals surface area contributed by atoms with Crippen LogP contribution in [0.1, 0.15) is 55.6 Å². The number of carbonyl (C=O) groups is 1. The smallest absolute Gasteiger partial charge is 0.158 e. The SMILES string of the molecule is O=C1C=C(NCc2ccc(OC3CCCC3)cc2)CC(c2ccccc2)C1. The minimum Gasteiger partial charge on any atom is -0.490 e. The summed E-state index contributed by atoms with van der Waals surface area (Å²) >= 11 is 0. The van der Waals surface area contributed by atoms with Crippen molar-refractivity contribution in [2.75, 3.05) is 0 Å². The molecule has 0 aromatic heterocycles. The summed E-state index contributed by atoms with van der Waals surface area (Å²) < 4.78 is 6.03. The number of carbonyl (C=O) groups excluding carboxylic acids is 1. The largest absolute Gasteiger partial charge is 0.490 e. The van der Waals surface area contributed by atoms with Gasteiger partial charge in [-0.15, -0.1) is 0 Å². The second kappa shape index (κ2) is 8.43. The topological polar surface area (TPSA) is 38.3 Å². The molecule has 0 aliphatic heterocycles. The quantitative estimate of drug-likeness (QED) is 0.775. The first-order chi connectivity index (χ1) is 13.3. The van der Waals surface area contributed by atoms with Crippen molar-refractivity contribution in [3.05, 3.63) is 77.5 Å². The number of benzene rings is 2. The molecule has 0 radical (unpaired) electrons. The number of hydrogen-bond donors (Lipinski definition) is 1. The highest BCUT2D eigenvalue weighted by atomic mass is 16.5. The molecule has 2 aromatic carbocycles. The van der Waals surface area contributed by atoms with Crippen LogP contribution < -0.4 is 10.1 Å². The lowest BCUT2D eigenvalue weighted by Gasteiger charge is -2.23. The summed E-state index contributed by atoms with van der Waals surface area (Å²) in [6.45, 7) is 0.727. The van der Waals surface area contributed by atoms with Crippen LogP contribution in [0.2, 0.25) is 0 Å². The zero-order valence-electron chi connectivity index (χ0n) is 15.7. The molecule has 1 fully saturated rings. The number of allylic oxidation sites excluding steroid dienone is 2. The maximum absolute atomic E-state index is 12.1. The Kier molecular flexibility index (Phi) is 5.57. The maximum atomic E-state index is 12.1. The Balaban J connectivity index is 1.33. The van der Waals surface area contributed by atoms with E-state index in [1.54, 1.807) is 6.08 Å². The second-order valence-corrected chi connectivity index (χ2v) is 7.67. The van der Waals surface area contributed by atoms with Gasteiger partial charge in [-0.2, -0.15) is 0 Å². The molecule has 0 heterocycles. The zero-order valence-corrected chi connectivity index (χ0v) is 15.7. The van der Waals surface area contributed by atoms with E-state index in [9.17, 15) is 4.79 Å².